The van der Waals surface area contributed by atoms with Crippen molar-refractivity contribution in [2.24, 2.45) is 0 Å². The van der Waals surface area contributed by atoms with E-state index < -0.39 is 0 Å². The fourth-order valence-corrected chi connectivity index (χ4v) is 2.25. The minimum atomic E-state index is -0.241. The van der Waals surface area contributed by atoms with Crippen LogP contribution in [0.2, 0.25) is 0 Å². The molecular formula is C19H20N4O3. The number of nitriles is 1. The molecule has 2 aromatic carbocycles. The Morgan fingerprint density at radius 3 is 1.85 bits per heavy atom. The van der Waals surface area contributed by atoms with E-state index >= 15 is 0 Å². The molecule has 0 unspecified atom stereocenters. The molecule has 7 nitrogen and oxygen atoms in total. The first kappa shape index (κ1) is 19.0. The molecule has 2 amide bonds. The van der Waals surface area contributed by atoms with Crippen LogP contribution >= 0.6 is 0 Å². The molecule has 0 fully saturated rings. The van der Waals surface area contributed by atoms with E-state index in [1.54, 1.807) is 67.6 Å². The number of anilines is 2. The number of benzene rings is 2. The number of methoxy groups -OCH3 is 1. The number of nitrogens with one attached hydrogen (secondary N) is 2. The van der Waals surface area contributed by atoms with Gasteiger partial charge in [0, 0.05) is 11.4 Å². The Kier molecular flexibility index (Phi) is 6.71. The first-order valence-corrected chi connectivity index (χ1v) is 7.92. The van der Waals surface area contributed by atoms with Gasteiger partial charge in [0.2, 0.25) is 11.8 Å². The maximum Gasteiger partial charge on any atom is 0.238 e. The zero-order valence-corrected chi connectivity index (χ0v) is 14.7. The molecule has 0 bridgehead atoms. The lowest BCUT2D eigenvalue weighted by molar-refractivity contribution is -0.119. The molecule has 0 aliphatic rings. The van der Waals surface area contributed by atoms with Crippen molar-refractivity contribution in [3.05, 3.63) is 54.1 Å². The number of hydrogen-bond donors (Lipinski definition) is 2. The molecule has 0 radical (unpaired) electrons. The third kappa shape index (κ3) is 5.92. The van der Waals surface area contributed by atoms with Gasteiger partial charge in [0.05, 0.1) is 31.8 Å². The minimum absolute atomic E-state index is 0.0655. The van der Waals surface area contributed by atoms with E-state index in [1.807, 2.05) is 6.07 Å². The molecule has 0 heterocycles. The van der Waals surface area contributed by atoms with Gasteiger partial charge in [-0.3, -0.25) is 14.5 Å². The molecule has 0 atom stereocenters. The van der Waals surface area contributed by atoms with Crippen molar-refractivity contribution < 1.29 is 14.3 Å². The molecule has 7 heteroatoms. The van der Waals surface area contributed by atoms with Crippen molar-refractivity contribution in [1.82, 2.24) is 4.90 Å². The molecule has 0 spiro atoms. The van der Waals surface area contributed by atoms with Crippen LogP contribution < -0.4 is 15.4 Å². The lowest BCUT2D eigenvalue weighted by Crippen LogP contribution is -2.36. The van der Waals surface area contributed by atoms with Crippen LogP contribution in [-0.4, -0.2) is 44.0 Å². The molecule has 0 saturated carbocycles. The molecule has 0 aromatic heterocycles. The summed E-state index contributed by atoms with van der Waals surface area (Å²) in [5.74, 6) is 0.248. The van der Waals surface area contributed by atoms with Crippen molar-refractivity contribution >= 4 is 23.2 Å². The summed E-state index contributed by atoms with van der Waals surface area (Å²) in [6.45, 7) is 0.142. The third-order valence-electron chi connectivity index (χ3n) is 3.50. The van der Waals surface area contributed by atoms with Gasteiger partial charge in [0.1, 0.15) is 5.75 Å². The summed E-state index contributed by atoms with van der Waals surface area (Å²) in [6, 6.07) is 15.6. The Balaban J connectivity index is 1.78. The highest BCUT2D eigenvalue weighted by molar-refractivity contribution is 5.94. The molecule has 2 aromatic rings. The zero-order valence-electron chi connectivity index (χ0n) is 14.7. The van der Waals surface area contributed by atoms with Gasteiger partial charge in [-0.25, -0.2) is 0 Å². The van der Waals surface area contributed by atoms with Gasteiger partial charge in [-0.05, 0) is 55.6 Å². The normalized spacial score (nSPS) is 10.1. The number of likely N-dealkylation sites (N-methyl/N-ethyl adjacent to an activating group) is 1. The molecular weight excluding hydrogens is 332 g/mol. The molecule has 2 rings (SSSR count). The zero-order chi connectivity index (χ0) is 18.9. The summed E-state index contributed by atoms with van der Waals surface area (Å²) >= 11 is 0. The summed E-state index contributed by atoms with van der Waals surface area (Å²) in [4.78, 5) is 25.7. The highest BCUT2D eigenvalue weighted by Gasteiger charge is 2.11. The van der Waals surface area contributed by atoms with Crippen LogP contribution in [0.15, 0.2) is 48.5 Å². The van der Waals surface area contributed by atoms with E-state index in [0.717, 1.165) is 0 Å². The Morgan fingerprint density at radius 2 is 1.42 bits per heavy atom. The quantitative estimate of drug-likeness (QED) is 0.795. The lowest BCUT2D eigenvalue weighted by atomic mass is 10.2. The van der Waals surface area contributed by atoms with Crippen molar-refractivity contribution in [1.29, 1.82) is 5.26 Å². The summed E-state index contributed by atoms with van der Waals surface area (Å²) in [6.07, 6.45) is 0. The number of nitrogens with zero attached hydrogens (tertiary/aromatic N) is 2. The van der Waals surface area contributed by atoms with Crippen molar-refractivity contribution in [3.63, 3.8) is 0 Å². The highest BCUT2D eigenvalue weighted by atomic mass is 16.5. The standard InChI is InChI=1S/C19H20N4O3/c1-23(12-18(24)21-15-5-3-14(11-20)4-6-15)13-19(25)22-16-7-9-17(26-2)10-8-16/h3-10H,12-13H2,1-2H3,(H,21,24)(H,22,25). The fourth-order valence-electron chi connectivity index (χ4n) is 2.25. The summed E-state index contributed by atoms with van der Waals surface area (Å²) in [5, 5.41) is 14.2. The number of hydrogen-bond acceptors (Lipinski definition) is 5. The van der Waals surface area contributed by atoms with E-state index in [1.165, 1.54) is 0 Å². The molecule has 26 heavy (non-hydrogen) atoms. The number of rotatable bonds is 7. The maximum absolute atomic E-state index is 12.0. The average molecular weight is 352 g/mol. The van der Waals surface area contributed by atoms with Gasteiger partial charge in [-0.2, -0.15) is 5.26 Å². The summed E-state index contributed by atoms with van der Waals surface area (Å²) in [7, 11) is 3.26. The van der Waals surface area contributed by atoms with Crippen molar-refractivity contribution in [2.45, 2.75) is 0 Å². The molecule has 0 aliphatic carbocycles. The van der Waals surface area contributed by atoms with Crippen LogP contribution in [0, 0.1) is 11.3 Å². The van der Waals surface area contributed by atoms with E-state index in [9.17, 15) is 9.59 Å². The van der Waals surface area contributed by atoms with Crippen LogP contribution in [0.1, 0.15) is 5.56 Å². The first-order valence-electron chi connectivity index (χ1n) is 7.92. The Morgan fingerprint density at radius 1 is 0.962 bits per heavy atom. The maximum atomic E-state index is 12.0. The summed E-state index contributed by atoms with van der Waals surface area (Å²) in [5.41, 5.74) is 1.78. The molecule has 0 saturated heterocycles. The molecule has 134 valence electrons. The fraction of sp³-hybridized carbons (Fsp3) is 0.211. The van der Waals surface area contributed by atoms with Crippen molar-refractivity contribution in [2.75, 3.05) is 37.9 Å². The number of ether oxygens (including phenoxy) is 1. The Bertz CT molecular complexity index is 795. The van der Waals surface area contributed by atoms with Gasteiger partial charge in [0.15, 0.2) is 0 Å². The number of amides is 2. The van der Waals surface area contributed by atoms with Crippen molar-refractivity contribution in [3.8, 4) is 11.8 Å². The highest BCUT2D eigenvalue weighted by Crippen LogP contribution is 2.14. The largest absolute Gasteiger partial charge is 0.497 e. The SMILES string of the molecule is COc1ccc(NC(=O)CN(C)CC(=O)Nc2ccc(C#N)cc2)cc1. The van der Waals surface area contributed by atoms with Gasteiger partial charge < -0.3 is 15.4 Å². The monoisotopic (exact) mass is 352 g/mol. The van der Waals surface area contributed by atoms with E-state index in [-0.39, 0.29) is 24.9 Å². The van der Waals surface area contributed by atoms with Crippen LogP contribution in [0.5, 0.6) is 5.75 Å². The van der Waals surface area contributed by atoms with Crippen LogP contribution in [-0.2, 0) is 9.59 Å². The van der Waals surface area contributed by atoms with Crippen LogP contribution in [0.25, 0.3) is 0 Å². The van der Waals surface area contributed by atoms with E-state index in [2.05, 4.69) is 10.6 Å². The van der Waals surface area contributed by atoms with E-state index in [0.29, 0.717) is 22.7 Å². The third-order valence-corrected chi connectivity index (χ3v) is 3.50. The summed E-state index contributed by atoms with van der Waals surface area (Å²) < 4.78 is 5.06. The van der Waals surface area contributed by atoms with Gasteiger partial charge in [0.25, 0.3) is 0 Å². The second-order valence-corrected chi connectivity index (χ2v) is 5.69. The Labute approximate surface area is 152 Å². The second-order valence-electron chi connectivity index (χ2n) is 5.69. The first-order chi connectivity index (χ1) is 12.5. The predicted octanol–water partition coefficient (Wildman–Crippen LogP) is 2.08. The number of carbonyl (C=O) groups excluding carboxylic acids is 2. The molecule has 0 aliphatic heterocycles. The van der Waals surface area contributed by atoms with Crippen LogP contribution in [0.4, 0.5) is 11.4 Å². The minimum Gasteiger partial charge on any atom is -0.497 e. The second kappa shape index (κ2) is 9.20. The van der Waals surface area contributed by atoms with Gasteiger partial charge in [-0.15, -0.1) is 0 Å². The number of carbonyl (C=O) groups is 2. The van der Waals surface area contributed by atoms with Gasteiger partial charge in [-0.1, -0.05) is 0 Å². The smallest absolute Gasteiger partial charge is 0.238 e. The molecule has 2 N–H and O–H groups in total. The topological polar surface area (TPSA) is 94.5 Å². The van der Waals surface area contributed by atoms with Crippen LogP contribution in [0.3, 0.4) is 0 Å². The average Bonchev–Trinajstić information content (AvgIpc) is 2.62. The lowest BCUT2D eigenvalue weighted by Gasteiger charge is -2.16. The Hall–Kier alpha value is -3.37. The van der Waals surface area contributed by atoms with Gasteiger partial charge >= 0.3 is 0 Å². The predicted molar refractivity (Wildman–Crippen MR) is 98.9 cm³/mol. The van der Waals surface area contributed by atoms with E-state index in [4.69, 9.17) is 10.00 Å².